The fourth-order valence-corrected chi connectivity index (χ4v) is 4.23. The molecular formula is C24H39N3O3. The van der Waals surface area contributed by atoms with Gasteiger partial charge in [-0.2, -0.15) is 0 Å². The Morgan fingerprint density at radius 1 is 1.30 bits per heavy atom. The summed E-state index contributed by atoms with van der Waals surface area (Å²) in [4.78, 5) is 4.80. The van der Waals surface area contributed by atoms with Gasteiger partial charge >= 0.3 is 0 Å². The Bertz CT molecular complexity index is 703. The van der Waals surface area contributed by atoms with E-state index >= 15 is 0 Å². The molecule has 6 nitrogen and oxygen atoms in total. The Kier molecular flexibility index (Phi) is 8.40. The van der Waals surface area contributed by atoms with Crippen molar-refractivity contribution in [1.82, 2.24) is 10.6 Å². The second kappa shape index (κ2) is 11.0. The zero-order valence-corrected chi connectivity index (χ0v) is 18.9. The third-order valence-electron chi connectivity index (χ3n) is 6.41. The molecule has 2 fully saturated rings. The molecule has 0 amide bonds. The van der Waals surface area contributed by atoms with Crippen molar-refractivity contribution in [2.75, 3.05) is 32.9 Å². The lowest BCUT2D eigenvalue weighted by atomic mass is 9.73. The Morgan fingerprint density at radius 3 is 2.90 bits per heavy atom. The smallest absolute Gasteiger partial charge is 0.191 e. The third-order valence-corrected chi connectivity index (χ3v) is 6.41. The number of nitrogens with one attached hydrogen (secondary N) is 2. The van der Waals surface area contributed by atoms with Crippen LogP contribution >= 0.6 is 0 Å². The average molecular weight is 418 g/mol. The van der Waals surface area contributed by atoms with Gasteiger partial charge in [-0.05, 0) is 44.7 Å². The number of ether oxygens (including phenoxy) is 2. The van der Waals surface area contributed by atoms with Gasteiger partial charge in [0, 0.05) is 36.6 Å². The predicted molar refractivity (Wildman–Crippen MR) is 121 cm³/mol. The molecule has 3 unspecified atom stereocenters. The Morgan fingerprint density at radius 2 is 2.17 bits per heavy atom. The monoisotopic (exact) mass is 417 g/mol. The summed E-state index contributed by atoms with van der Waals surface area (Å²) in [7, 11) is 0. The summed E-state index contributed by atoms with van der Waals surface area (Å²) in [6.07, 6.45) is 5.05. The van der Waals surface area contributed by atoms with Gasteiger partial charge < -0.3 is 25.2 Å². The highest BCUT2D eigenvalue weighted by Crippen LogP contribution is 2.35. The summed E-state index contributed by atoms with van der Waals surface area (Å²) in [5.74, 6) is 2.17. The van der Waals surface area contributed by atoms with Crippen LogP contribution in [0, 0.1) is 18.3 Å². The lowest BCUT2D eigenvalue weighted by Gasteiger charge is -2.38. The third kappa shape index (κ3) is 6.35. The molecule has 3 rings (SSSR count). The molecule has 1 saturated heterocycles. The minimum Gasteiger partial charge on any atom is -0.493 e. The number of benzene rings is 1. The molecule has 0 spiro atoms. The quantitative estimate of drug-likeness (QED) is 0.446. The first-order valence-electron chi connectivity index (χ1n) is 11.5. The van der Waals surface area contributed by atoms with Gasteiger partial charge in [-0.3, -0.25) is 0 Å². The van der Waals surface area contributed by atoms with E-state index < -0.39 is 0 Å². The van der Waals surface area contributed by atoms with Crippen LogP contribution in [-0.2, 0) is 11.3 Å². The lowest BCUT2D eigenvalue weighted by molar-refractivity contribution is 0.00397. The highest BCUT2D eigenvalue weighted by Gasteiger charge is 2.35. The van der Waals surface area contributed by atoms with E-state index in [9.17, 15) is 5.11 Å². The first-order valence-corrected chi connectivity index (χ1v) is 11.5. The summed E-state index contributed by atoms with van der Waals surface area (Å²) in [5.41, 5.74) is 2.17. The fourth-order valence-electron chi connectivity index (χ4n) is 4.23. The first kappa shape index (κ1) is 22.9. The number of nitrogens with zero attached hydrogens (tertiary/aromatic N) is 1. The summed E-state index contributed by atoms with van der Waals surface area (Å²) in [5, 5.41) is 17.3. The normalized spacial score (nSPS) is 27.1. The summed E-state index contributed by atoms with van der Waals surface area (Å²) < 4.78 is 11.6. The molecule has 0 radical (unpaired) electrons. The second-order valence-corrected chi connectivity index (χ2v) is 9.12. The van der Waals surface area contributed by atoms with E-state index in [4.69, 9.17) is 14.5 Å². The molecule has 168 valence electrons. The lowest BCUT2D eigenvalue weighted by Crippen LogP contribution is -2.48. The minimum absolute atomic E-state index is 0.101. The molecule has 2 aliphatic rings. The first-order chi connectivity index (χ1) is 14.5. The summed E-state index contributed by atoms with van der Waals surface area (Å²) >= 11 is 0. The molecule has 1 aromatic carbocycles. The van der Waals surface area contributed by atoms with Crippen molar-refractivity contribution in [3.8, 4) is 5.75 Å². The number of guanidine groups is 1. The highest BCUT2D eigenvalue weighted by atomic mass is 16.5. The van der Waals surface area contributed by atoms with Crippen LogP contribution in [0.5, 0.6) is 5.75 Å². The number of aliphatic imine (C=N–C) groups is 1. The van der Waals surface area contributed by atoms with Gasteiger partial charge in [-0.1, -0.05) is 31.9 Å². The molecule has 30 heavy (non-hydrogen) atoms. The van der Waals surface area contributed by atoms with Crippen molar-refractivity contribution in [2.24, 2.45) is 16.3 Å². The van der Waals surface area contributed by atoms with Crippen molar-refractivity contribution in [1.29, 1.82) is 0 Å². The Balaban J connectivity index is 1.63. The van der Waals surface area contributed by atoms with Crippen molar-refractivity contribution in [3.63, 3.8) is 0 Å². The van der Waals surface area contributed by atoms with E-state index in [-0.39, 0.29) is 11.5 Å². The van der Waals surface area contributed by atoms with Gasteiger partial charge in [-0.25, -0.2) is 4.99 Å². The maximum Gasteiger partial charge on any atom is 0.191 e. The van der Waals surface area contributed by atoms with Crippen LogP contribution in [0.2, 0.25) is 0 Å². The van der Waals surface area contributed by atoms with E-state index in [1.807, 2.05) is 0 Å². The zero-order chi connectivity index (χ0) is 21.4. The highest BCUT2D eigenvalue weighted by molar-refractivity contribution is 5.79. The minimum atomic E-state index is -0.252. The second-order valence-electron chi connectivity index (χ2n) is 9.12. The van der Waals surface area contributed by atoms with Crippen molar-refractivity contribution in [2.45, 2.75) is 65.5 Å². The van der Waals surface area contributed by atoms with Crippen LogP contribution in [0.15, 0.2) is 23.2 Å². The summed E-state index contributed by atoms with van der Waals surface area (Å²) in [6.45, 7) is 10.7. The van der Waals surface area contributed by atoms with Crippen molar-refractivity contribution in [3.05, 3.63) is 29.3 Å². The van der Waals surface area contributed by atoms with E-state index in [1.54, 1.807) is 0 Å². The molecule has 1 aromatic rings. The molecule has 3 N–H and O–H groups in total. The molecule has 0 aromatic heterocycles. The largest absolute Gasteiger partial charge is 0.493 e. The SMILES string of the molecule is CCNC(=NCc1ccc(C)cc1OCC1CCOC1)NCC1(C)CCCCC1O. The van der Waals surface area contributed by atoms with Gasteiger partial charge in [0.1, 0.15) is 5.75 Å². The number of hydrogen-bond donors (Lipinski definition) is 3. The van der Waals surface area contributed by atoms with Gasteiger partial charge in [0.25, 0.3) is 0 Å². The molecule has 6 heteroatoms. The van der Waals surface area contributed by atoms with Crippen LogP contribution in [-0.4, -0.2) is 50.1 Å². The molecule has 1 heterocycles. The number of rotatable bonds is 8. The molecule has 3 atom stereocenters. The number of aliphatic hydroxyl groups is 1. The summed E-state index contributed by atoms with van der Waals surface area (Å²) in [6, 6.07) is 6.31. The van der Waals surface area contributed by atoms with E-state index in [1.165, 1.54) is 12.0 Å². The molecule has 1 aliphatic carbocycles. The Labute approximate surface area is 181 Å². The molecule has 0 bridgehead atoms. The van der Waals surface area contributed by atoms with Crippen molar-refractivity contribution >= 4 is 5.96 Å². The van der Waals surface area contributed by atoms with Crippen LogP contribution in [0.25, 0.3) is 0 Å². The maximum absolute atomic E-state index is 10.5. The standard InChI is InChI=1S/C24H39N3O3/c1-4-25-23(27-17-24(3)11-6-5-7-22(24)28)26-14-20-9-8-18(2)13-21(20)30-16-19-10-12-29-15-19/h8-9,13,19,22,28H,4-7,10-12,14-17H2,1-3H3,(H2,25,26,27). The zero-order valence-electron chi connectivity index (χ0n) is 18.9. The van der Waals surface area contributed by atoms with Gasteiger partial charge in [0.15, 0.2) is 5.96 Å². The van der Waals surface area contributed by atoms with Gasteiger partial charge in [-0.15, -0.1) is 0 Å². The van der Waals surface area contributed by atoms with Gasteiger partial charge in [0.2, 0.25) is 0 Å². The topological polar surface area (TPSA) is 75.1 Å². The Hall–Kier alpha value is -1.79. The predicted octanol–water partition coefficient (Wildman–Crippen LogP) is 3.41. The van der Waals surface area contributed by atoms with Crippen LogP contribution < -0.4 is 15.4 Å². The maximum atomic E-state index is 10.5. The van der Waals surface area contributed by atoms with Crippen LogP contribution in [0.4, 0.5) is 0 Å². The molecule has 1 saturated carbocycles. The number of hydrogen-bond acceptors (Lipinski definition) is 4. The van der Waals surface area contributed by atoms with E-state index in [0.29, 0.717) is 19.1 Å². The van der Waals surface area contributed by atoms with Crippen LogP contribution in [0.3, 0.4) is 0 Å². The van der Waals surface area contributed by atoms with E-state index in [0.717, 1.165) is 69.3 Å². The molecular weight excluding hydrogens is 378 g/mol. The van der Waals surface area contributed by atoms with Crippen molar-refractivity contribution < 1.29 is 14.6 Å². The number of aryl methyl sites for hydroxylation is 1. The van der Waals surface area contributed by atoms with Crippen LogP contribution in [0.1, 0.15) is 57.1 Å². The van der Waals surface area contributed by atoms with E-state index in [2.05, 4.69) is 49.6 Å². The fraction of sp³-hybridized carbons (Fsp3) is 0.708. The molecule has 1 aliphatic heterocycles. The number of aliphatic hydroxyl groups excluding tert-OH is 1. The average Bonchev–Trinajstić information content (AvgIpc) is 3.25. The van der Waals surface area contributed by atoms with Gasteiger partial charge in [0.05, 0.1) is 25.9 Å².